The van der Waals surface area contributed by atoms with Crippen LogP contribution in [0.1, 0.15) is 20.7 Å². The molecule has 3 aromatic rings. The van der Waals surface area contributed by atoms with Gasteiger partial charge in [-0.2, -0.15) is 0 Å². The molecule has 7 heteroatoms. The standard InChI is InChI=1S/C21H20N2O4S/c1-23(2)20(25)13-28-19-10-6-4-8-15(19)21(26)27-12-18(24)16-11-22-17-9-5-3-7-14(16)17/h3-11,22H,12-13H2,1-2H3. The van der Waals surface area contributed by atoms with Crippen LogP contribution in [0.3, 0.4) is 0 Å². The molecule has 0 atom stereocenters. The fraction of sp³-hybridized carbons (Fsp3) is 0.190. The predicted octanol–water partition coefficient (Wildman–Crippen LogP) is 3.39. The Morgan fingerprint density at radius 1 is 1.00 bits per heavy atom. The number of benzene rings is 2. The number of esters is 1. The molecule has 0 radical (unpaired) electrons. The normalized spacial score (nSPS) is 10.6. The molecule has 0 unspecified atom stereocenters. The number of fused-ring (bicyclic) bond motifs is 1. The molecule has 0 aliphatic rings. The number of Topliss-reactive ketones (excluding diaryl/α,β-unsaturated/α-hetero) is 1. The van der Waals surface area contributed by atoms with Gasteiger partial charge in [-0.15, -0.1) is 11.8 Å². The van der Waals surface area contributed by atoms with Crippen LogP contribution in [0.2, 0.25) is 0 Å². The predicted molar refractivity (Wildman–Crippen MR) is 109 cm³/mol. The number of para-hydroxylation sites is 1. The molecular formula is C21H20N2O4S. The number of amides is 1. The van der Waals surface area contributed by atoms with Crippen LogP contribution < -0.4 is 0 Å². The molecule has 28 heavy (non-hydrogen) atoms. The number of ether oxygens (including phenoxy) is 1. The van der Waals surface area contributed by atoms with Crippen molar-refractivity contribution in [3.8, 4) is 0 Å². The largest absolute Gasteiger partial charge is 0.454 e. The van der Waals surface area contributed by atoms with Crippen molar-refractivity contribution >= 4 is 40.3 Å². The highest BCUT2D eigenvalue weighted by Crippen LogP contribution is 2.24. The summed E-state index contributed by atoms with van der Waals surface area (Å²) >= 11 is 1.26. The van der Waals surface area contributed by atoms with Gasteiger partial charge in [-0.1, -0.05) is 30.3 Å². The number of aromatic nitrogens is 1. The summed E-state index contributed by atoms with van der Waals surface area (Å²) in [7, 11) is 3.36. The molecule has 1 aromatic heterocycles. The topological polar surface area (TPSA) is 79.5 Å². The SMILES string of the molecule is CN(C)C(=O)CSc1ccccc1C(=O)OCC(=O)c1c[nH]c2ccccc12. The summed E-state index contributed by atoms with van der Waals surface area (Å²) in [6, 6.07) is 14.3. The van der Waals surface area contributed by atoms with Crippen LogP contribution in [-0.4, -0.2) is 54.0 Å². The third kappa shape index (κ3) is 4.43. The lowest BCUT2D eigenvalue weighted by Crippen LogP contribution is -2.23. The van der Waals surface area contributed by atoms with Crippen molar-refractivity contribution in [1.82, 2.24) is 9.88 Å². The van der Waals surface area contributed by atoms with Crippen LogP contribution in [0.4, 0.5) is 0 Å². The van der Waals surface area contributed by atoms with E-state index in [1.807, 2.05) is 24.3 Å². The number of nitrogens with one attached hydrogen (secondary N) is 1. The molecule has 1 heterocycles. The second kappa shape index (κ2) is 8.75. The van der Waals surface area contributed by atoms with Gasteiger partial charge in [-0.25, -0.2) is 4.79 Å². The number of nitrogens with zero attached hydrogens (tertiary/aromatic N) is 1. The van der Waals surface area contributed by atoms with Crippen LogP contribution in [0.15, 0.2) is 59.6 Å². The molecule has 2 aromatic carbocycles. The maximum absolute atomic E-state index is 12.5. The molecule has 0 spiro atoms. The Labute approximate surface area is 166 Å². The minimum absolute atomic E-state index is 0.0531. The summed E-state index contributed by atoms with van der Waals surface area (Å²) in [5, 5.41) is 0.793. The quantitative estimate of drug-likeness (QED) is 0.376. The first-order chi connectivity index (χ1) is 13.5. The highest BCUT2D eigenvalue weighted by Gasteiger charge is 2.18. The van der Waals surface area contributed by atoms with E-state index < -0.39 is 5.97 Å². The van der Waals surface area contributed by atoms with E-state index in [0.717, 1.165) is 10.9 Å². The zero-order chi connectivity index (χ0) is 20.1. The van der Waals surface area contributed by atoms with E-state index in [0.29, 0.717) is 16.0 Å². The fourth-order valence-electron chi connectivity index (χ4n) is 2.62. The summed E-state index contributed by atoms with van der Waals surface area (Å²) in [6.45, 7) is -0.351. The molecular weight excluding hydrogens is 376 g/mol. The Balaban J connectivity index is 1.66. The van der Waals surface area contributed by atoms with Crippen molar-refractivity contribution in [2.45, 2.75) is 4.90 Å². The third-order valence-corrected chi connectivity index (χ3v) is 5.24. The summed E-state index contributed by atoms with van der Waals surface area (Å²) in [5.41, 5.74) is 1.68. The van der Waals surface area contributed by atoms with E-state index in [9.17, 15) is 14.4 Å². The lowest BCUT2D eigenvalue weighted by atomic mass is 10.1. The van der Waals surface area contributed by atoms with E-state index in [2.05, 4.69) is 4.98 Å². The number of carbonyl (C=O) groups excluding carboxylic acids is 3. The summed E-state index contributed by atoms with van der Waals surface area (Å²) in [4.78, 5) is 41.9. The van der Waals surface area contributed by atoms with Gasteiger partial charge in [0.25, 0.3) is 0 Å². The first-order valence-corrected chi connectivity index (χ1v) is 9.64. The van der Waals surface area contributed by atoms with Gasteiger partial charge in [0.2, 0.25) is 11.7 Å². The van der Waals surface area contributed by atoms with E-state index in [1.165, 1.54) is 16.7 Å². The van der Waals surface area contributed by atoms with Gasteiger partial charge in [0, 0.05) is 41.7 Å². The number of carbonyl (C=O) groups is 3. The molecule has 6 nitrogen and oxygen atoms in total. The van der Waals surface area contributed by atoms with E-state index in [-0.39, 0.29) is 24.1 Å². The monoisotopic (exact) mass is 396 g/mol. The van der Waals surface area contributed by atoms with Crippen molar-refractivity contribution in [3.63, 3.8) is 0 Å². The van der Waals surface area contributed by atoms with Crippen molar-refractivity contribution in [3.05, 3.63) is 65.9 Å². The van der Waals surface area contributed by atoms with Gasteiger partial charge < -0.3 is 14.6 Å². The zero-order valence-corrected chi connectivity index (χ0v) is 16.4. The maximum Gasteiger partial charge on any atom is 0.339 e. The van der Waals surface area contributed by atoms with Crippen LogP contribution in [0, 0.1) is 0 Å². The van der Waals surface area contributed by atoms with Crippen LogP contribution >= 0.6 is 11.8 Å². The van der Waals surface area contributed by atoms with E-state index in [1.54, 1.807) is 44.6 Å². The lowest BCUT2D eigenvalue weighted by Gasteiger charge is -2.11. The van der Waals surface area contributed by atoms with Gasteiger partial charge in [-0.05, 0) is 18.2 Å². The van der Waals surface area contributed by atoms with Gasteiger partial charge in [0.1, 0.15) is 0 Å². The van der Waals surface area contributed by atoms with Gasteiger partial charge >= 0.3 is 5.97 Å². The molecule has 0 bridgehead atoms. The minimum atomic E-state index is -0.589. The maximum atomic E-state index is 12.5. The second-order valence-corrected chi connectivity index (χ2v) is 7.34. The highest BCUT2D eigenvalue weighted by atomic mass is 32.2. The van der Waals surface area contributed by atoms with Crippen molar-refractivity contribution in [2.75, 3.05) is 26.5 Å². The second-order valence-electron chi connectivity index (χ2n) is 6.32. The summed E-state index contributed by atoms with van der Waals surface area (Å²) in [6.07, 6.45) is 1.62. The molecule has 0 aliphatic heterocycles. The van der Waals surface area contributed by atoms with Crippen molar-refractivity contribution in [1.29, 1.82) is 0 Å². The van der Waals surface area contributed by atoms with E-state index in [4.69, 9.17) is 4.74 Å². The molecule has 0 saturated heterocycles. The van der Waals surface area contributed by atoms with Crippen LogP contribution in [0.5, 0.6) is 0 Å². The number of thioether (sulfide) groups is 1. The molecule has 1 N–H and O–H groups in total. The molecule has 0 aliphatic carbocycles. The van der Waals surface area contributed by atoms with Crippen molar-refractivity contribution < 1.29 is 19.1 Å². The van der Waals surface area contributed by atoms with Gasteiger partial charge in [0.05, 0.1) is 11.3 Å². The smallest absolute Gasteiger partial charge is 0.339 e. The Hall–Kier alpha value is -3.06. The molecule has 0 saturated carbocycles. The average Bonchev–Trinajstić information content (AvgIpc) is 3.14. The number of rotatable bonds is 7. The zero-order valence-electron chi connectivity index (χ0n) is 15.6. The Morgan fingerprint density at radius 2 is 1.71 bits per heavy atom. The van der Waals surface area contributed by atoms with Crippen LogP contribution in [0.25, 0.3) is 10.9 Å². The number of aromatic amines is 1. The lowest BCUT2D eigenvalue weighted by molar-refractivity contribution is -0.125. The molecule has 0 fully saturated rings. The number of H-pyrrole nitrogens is 1. The summed E-state index contributed by atoms with van der Waals surface area (Å²) < 4.78 is 5.25. The number of ketones is 1. The van der Waals surface area contributed by atoms with Gasteiger partial charge in [0.15, 0.2) is 6.61 Å². The average molecular weight is 396 g/mol. The Morgan fingerprint density at radius 3 is 2.50 bits per heavy atom. The van der Waals surface area contributed by atoms with E-state index >= 15 is 0 Å². The van der Waals surface area contributed by atoms with Crippen LogP contribution in [-0.2, 0) is 9.53 Å². The van der Waals surface area contributed by atoms with Crippen molar-refractivity contribution in [2.24, 2.45) is 0 Å². The number of hydrogen-bond acceptors (Lipinski definition) is 5. The molecule has 1 amide bonds. The van der Waals surface area contributed by atoms with Gasteiger partial charge in [-0.3, -0.25) is 9.59 Å². The first kappa shape index (κ1) is 19.7. The molecule has 144 valence electrons. The minimum Gasteiger partial charge on any atom is -0.454 e. The fourth-order valence-corrected chi connectivity index (χ4v) is 3.64. The highest BCUT2D eigenvalue weighted by molar-refractivity contribution is 8.00. The molecule has 3 rings (SSSR count). The third-order valence-electron chi connectivity index (χ3n) is 4.18. The summed E-state index contributed by atoms with van der Waals surface area (Å²) in [5.74, 6) is -0.707. The first-order valence-electron chi connectivity index (χ1n) is 8.66. The Kier molecular flexibility index (Phi) is 6.16. The Bertz CT molecular complexity index is 1030. The number of hydrogen-bond donors (Lipinski definition) is 1.